The molecule has 242 valence electrons. The Bertz CT molecular complexity index is 643. The van der Waals surface area contributed by atoms with Gasteiger partial charge in [0.05, 0.1) is 12.1 Å². The maximum absolute atomic E-state index is 13.2. The Morgan fingerprint density at radius 1 is 0.575 bits per heavy atom. The first-order valence-corrected chi connectivity index (χ1v) is 20.2. The van der Waals surface area contributed by atoms with Gasteiger partial charge in [-0.05, 0) is 31.1 Å². The number of nitrogens with zero attached hydrogens (tertiary/aromatic N) is 1. The molecule has 0 aromatic carbocycles. The van der Waals surface area contributed by atoms with Crippen molar-refractivity contribution in [3.05, 3.63) is 0 Å². The molecule has 5 atom stereocenters. The first-order chi connectivity index (χ1) is 19.3. The second kappa shape index (κ2) is 27.7. The quantitative estimate of drug-likeness (QED) is 0.0852. The van der Waals surface area contributed by atoms with E-state index in [1.54, 1.807) is 0 Å². The van der Waals surface area contributed by atoms with Gasteiger partial charge in [-0.2, -0.15) is 0 Å². The fourth-order valence-electron chi connectivity index (χ4n) is 5.88. The molecule has 0 fully saturated rings. The molecule has 1 N–H and O–H groups in total. The minimum Gasteiger partial charge on any atom is -0.391 e. The van der Waals surface area contributed by atoms with Crippen molar-refractivity contribution in [1.29, 1.82) is 0 Å². The highest BCUT2D eigenvalue weighted by Crippen LogP contribution is 2.22. The molecule has 0 rings (SSSR count). The SMILES string of the molecule is CCCCCCCCCCCCCCC(C)C(O)C(CC)N=S(C)(=O)CCCCCCCCCCCC(C)CC. The fraction of sp³-hybridized carbons (Fsp3) is 1.00. The van der Waals surface area contributed by atoms with E-state index in [0.29, 0.717) is 5.75 Å². The highest BCUT2D eigenvalue weighted by molar-refractivity contribution is 7.92. The average Bonchev–Trinajstić information content (AvgIpc) is 2.94. The number of unbranched alkanes of at least 4 members (excludes halogenated alkanes) is 19. The Hall–Kier alpha value is -0.0900. The van der Waals surface area contributed by atoms with E-state index in [4.69, 9.17) is 4.36 Å². The molecule has 0 aromatic rings. The van der Waals surface area contributed by atoms with Crippen LogP contribution in [0.5, 0.6) is 0 Å². The van der Waals surface area contributed by atoms with Crippen LogP contribution in [0.2, 0.25) is 0 Å². The maximum atomic E-state index is 13.2. The molecule has 0 amide bonds. The molecule has 0 radical (unpaired) electrons. The van der Waals surface area contributed by atoms with E-state index in [-0.39, 0.29) is 12.0 Å². The van der Waals surface area contributed by atoms with Crippen LogP contribution < -0.4 is 0 Å². The summed E-state index contributed by atoms with van der Waals surface area (Å²) in [4.78, 5) is 0. The van der Waals surface area contributed by atoms with Crippen LogP contribution in [0, 0.1) is 11.8 Å². The van der Waals surface area contributed by atoms with Crippen molar-refractivity contribution in [3.63, 3.8) is 0 Å². The fourth-order valence-corrected chi connectivity index (χ4v) is 7.57. The molecule has 0 aliphatic heterocycles. The Balaban J connectivity index is 3.97. The van der Waals surface area contributed by atoms with Gasteiger partial charge in [-0.15, -0.1) is 0 Å². The number of hydrogen-bond acceptors (Lipinski definition) is 3. The summed E-state index contributed by atoms with van der Waals surface area (Å²) < 4.78 is 17.9. The largest absolute Gasteiger partial charge is 0.391 e. The zero-order valence-electron chi connectivity index (χ0n) is 28.4. The van der Waals surface area contributed by atoms with Gasteiger partial charge in [-0.25, -0.2) is 4.36 Å². The zero-order valence-corrected chi connectivity index (χ0v) is 29.2. The number of aliphatic hydroxyl groups excluding tert-OH is 1. The van der Waals surface area contributed by atoms with Gasteiger partial charge in [0.25, 0.3) is 0 Å². The molecule has 0 saturated carbocycles. The number of rotatable bonds is 30. The van der Waals surface area contributed by atoms with Gasteiger partial charge in [0.2, 0.25) is 0 Å². The minimum atomic E-state index is -2.22. The van der Waals surface area contributed by atoms with E-state index in [9.17, 15) is 9.32 Å². The molecule has 0 aromatic heterocycles. The summed E-state index contributed by atoms with van der Waals surface area (Å²) in [5.74, 6) is 1.80. The van der Waals surface area contributed by atoms with Gasteiger partial charge in [-0.1, -0.05) is 176 Å². The molecule has 0 aliphatic carbocycles. The summed E-state index contributed by atoms with van der Waals surface area (Å²) >= 11 is 0. The van der Waals surface area contributed by atoms with Crippen LogP contribution in [0.1, 0.15) is 195 Å². The Labute approximate surface area is 254 Å². The smallest absolute Gasteiger partial charge is 0.0852 e. The second-order valence-electron chi connectivity index (χ2n) is 13.4. The standard InChI is InChI=1S/C36H75NO2S/c1-7-10-11-12-13-14-15-16-19-22-25-28-31-34(5)36(38)35(9-3)37-40(6,39)32-29-26-23-20-17-18-21-24-27-30-33(4)8-2/h33-36,38H,7-32H2,1-6H3. The molecule has 0 heterocycles. The third-order valence-electron chi connectivity index (χ3n) is 9.18. The van der Waals surface area contributed by atoms with Crippen molar-refractivity contribution < 1.29 is 9.32 Å². The summed E-state index contributed by atoms with van der Waals surface area (Å²) in [5.41, 5.74) is 0. The maximum Gasteiger partial charge on any atom is 0.0852 e. The van der Waals surface area contributed by atoms with Crippen molar-refractivity contribution in [3.8, 4) is 0 Å². The lowest BCUT2D eigenvalue weighted by Crippen LogP contribution is -2.31. The summed E-state index contributed by atoms with van der Waals surface area (Å²) in [6.07, 6.45) is 33.8. The molecule has 0 aliphatic rings. The van der Waals surface area contributed by atoms with E-state index < -0.39 is 15.8 Å². The number of hydrogen-bond donors (Lipinski definition) is 1. The van der Waals surface area contributed by atoms with Crippen molar-refractivity contribution >= 4 is 9.73 Å². The van der Waals surface area contributed by atoms with Crippen LogP contribution in [0.4, 0.5) is 0 Å². The molecular weight excluding hydrogens is 510 g/mol. The molecule has 40 heavy (non-hydrogen) atoms. The Morgan fingerprint density at radius 3 is 1.40 bits per heavy atom. The van der Waals surface area contributed by atoms with Crippen molar-refractivity contribution in [2.75, 3.05) is 12.0 Å². The monoisotopic (exact) mass is 586 g/mol. The Morgan fingerprint density at radius 2 is 0.975 bits per heavy atom. The topological polar surface area (TPSA) is 49.7 Å². The van der Waals surface area contributed by atoms with E-state index in [0.717, 1.165) is 31.6 Å². The van der Waals surface area contributed by atoms with Gasteiger partial charge in [0, 0.05) is 21.7 Å². The van der Waals surface area contributed by atoms with Crippen LogP contribution in [0.3, 0.4) is 0 Å². The molecule has 5 unspecified atom stereocenters. The lowest BCUT2D eigenvalue weighted by Gasteiger charge is -2.25. The van der Waals surface area contributed by atoms with Gasteiger partial charge in [0.1, 0.15) is 0 Å². The van der Waals surface area contributed by atoms with Crippen molar-refractivity contribution in [2.45, 2.75) is 207 Å². The van der Waals surface area contributed by atoms with E-state index in [1.165, 1.54) is 135 Å². The van der Waals surface area contributed by atoms with Crippen LogP contribution in [0.15, 0.2) is 4.36 Å². The summed E-state index contributed by atoms with van der Waals surface area (Å²) in [6, 6.07) is -0.190. The predicted octanol–water partition coefficient (Wildman–Crippen LogP) is 11.9. The highest BCUT2D eigenvalue weighted by atomic mass is 32.2. The van der Waals surface area contributed by atoms with Crippen molar-refractivity contribution in [2.24, 2.45) is 16.2 Å². The Kier molecular flexibility index (Phi) is 27.7. The third kappa shape index (κ3) is 24.5. The van der Waals surface area contributed by atoms with Gasteiger partial charge in [-0.3, -0.25) is 4.21 Å². The lowest BCUT2D eigenvalue weighted by atomic mass is 9.91. The van der Waals surface area contributed by atoms with Crippen molar-refractivity contribution in [1.82, 2.24) is 0 Å². The highest BCUT2D eigenvalue weighted by Gasteiger charge is 2.24. The zero-order chi connectivity index (χ0) is 29.9. The van der Waals surface area contributed by atoms with E-state index in [2.05, 4.69) is 34.6 Å². The predicted molar refractivity (Wildman–Crippen MR) is 182 cm³/mol. The summed E-state index contributed by atoms with van der Waals surface area (Å²) in [6.45, 7) is 11.2. The van der Waals surface area contributed by atoms with Gasteiger partial charge < -0.3 is 5.11 Å². The molecule has 0 spiro atoms. The van der Waals surface area contributed by atoms with Crippen LogP contribution in [0.25, 0.3) is 0 Å². The molecule has 0 saturated heterocycles. The normalized spacial score (nSPS) is 16.4. The number of aliphatic hydroxyl groups is 1. The first-order valence-electron chi connectivity index (χ1n) is 18.1. The molecule has 3 nitrogen and oxygen atoms in total. The second-order valence-corrected chi connectivity index (χ2v) is 15.9. The first kappa shape index (κ1) is 39.9. The molecule has 0 bridgehead atoms. The van der Waals surface area contributed by atoms with Crippen LogP contribution in [-0.4, -0.2) is 33.5 Å². The average molecular weight is 586 g/mol. The van der Waals surface area contributed by atoms with Gasteiger partial charge >= 0.3 is 0 Å². The van der Waals surface area contributed by atoms with Crippen LogP contribution in [-0.2, 0) is 9.73 Å². The van der Waals surface area contributed by atoms with E-state index in [1.807, 2.05) is 6.26 Å². The third-order valence-corrected chi connectivity index (χ3v) is 10.9. The summed E-state index contributed by atoms with van der Waals surface area (Å²) in [5, 5.41) is 11.0. The molecule has 4 heteroatoms. The molecular formula is C36H75NO2S. The van der Waals surface area contributed by atoms with Crippen LogP contribution >= 0.6 is 0 Å². The minimum absolute atomic E-state index is 0.190. The summed E-state index contributed by atoms with van der Waals surface area (Å²) in [7, 11) is -2.22. The van der Waals surface area contributed by atoms with E-state index >= 15 is 0 Å². The van der Waals surface area contributed by atoms with Gasteiger partial charge in [0.15, 0.2) is 0 Å². The lowest BCUT2D eigenvalue weighted by molar-refractivity contribution is 0.0843.